The molecule has 0 amide bonds. The fourth-order valence-electron chi connectivity index (χ4n) is 3.87. The summed E-state index contributed by atoms with van der Waals surface area (Å²) < 4.78 is 12.8. The Kier molecular flexibility index (Phi) is 6.89. The number of hydrogen-bond donors (Lipinski definition) is 0. The minimum Gasteiger partial charge on any atom is -0.487 e. The van der Waals surface area contributed by atoms with E-state index in [0.29, 0.717) is 30.0 Å². The second-order valence-electron chi connectivity index (χ2n) is 7.78. The van der Waals surface area contributed by atoms with Crippen LogP contribution in [0.3, 0.4) is 0 Å². The van der Waals surface area contributed by atoms with Crippen molar-refractivity contribution < 1.29 is 14.3 Å². The first-order valence-corrected chi connectivity index (χ1v) is 11.1. The van der Waals surface area contributed by atoms with Crippen LogP contribution in [-0.2, 0) is 29.6 Å². The molecule has 4 aromatic rings. The first-order valence-electron chi connectivity index (χ1n) is 10.7. The number of nitrogens with zero attached hydrogens (tertiary/aromatic N) is 4. The molecule has 0 atom stereocenters. The van der Waals surface area contributed by atoms with Crippen molar-refractivity contribution in [3.8, 4) is 17.0 Å². The van der Waals surface area contributed by atoms with Crippen molar-refractivity contribution >= 4 is 28.5 Å². The number of para-hydroxylation sites is 1. The fourth-order valence-corrected chi connectivity index (χ4v) is 4.10. The molecule has 0 unspecified atom stereocenters. The molecule has 4 rings (SSSR count). The van der Waals surface area contributed by atoms with Gasteiger partial charge >= 0.3 is 5.97 Å². The van der Waals surface area contributed by atoms with Gasteiger partial charge in [0.15, 0.2) is 0 Å². The third-order valence-electron chi connectivity index (χ3n) is 5.55. The summed E-state index contributed by atoms with van der Waals surface area (Å²) in [5.41, 5.74) is 5.53. The minimum absolute atomic E-state index is 0.232. The summed E-state index contributed by atoms with van der Waals surface area (Å²) in [5.74, 6) is 0.442. The lowest BCUT2D eigenvalue weighted by Crippen LogP contribution is -2.05. The van der Waals surface area contributed by atoms with E-state index in [-0.39, 0.29) is 12.6 Å². The number of carbonyl (C=O) groups excluding carboxylic acids is 1. The van der Waals surface area contributed by atoms with Gasteiger partial charge < -0.3 is 9.47 Å². The molecular formula is C25H25ClN4O3. The molecule has 8 heteroatoms. The highest BCUT2D eigenvalue weighted by Gasteiger charge is 2.15. The number of fused-ring (bicyclic) bond motifs is 1. The minimum atomic E-state index is -0.232. The van der Waals surface area contributed by atoms with E-state index in [1.165, 1.54) is 7.11 Å². The van der Waals surface area contributed by atoms with Crippen molar-refractivity contribution in [2.75, 3.05) is 7.11 Å². The monoisotopic (exact) mass is 464 g/mol. The molecule has 0 saturated heterocycles. The molecule has 3 aromatic heterocycles. The van der Waals surface area contributed by atoms with Gasteiger partial charge in [0.05, 0.1) is 17.8 Å². The lowest BCUT2D eigenvalue weighted by atomic mass is 10.0. The second-order valence-corrected chi connectivity index (χ2v) is 8.19. The lowest BCUT2D eigenvalue weighted by molar-refractivity contribution is -0.140. The Morgan fingerprint density at radius 3 is 2.82 bits per heavy atom. The fraction of sp³-hybridized carbons (Fsp3) is 0.280. The molecule has 7 nitrogen and oxygen atoms in total. The summed E-state index contributed by atoms with van der Waals surface area (Å²) in [4.78, 5) is 20.4. The molecule has 1 aromatic carbocycles. The zero-order valence-corrected chi connectivity index (χ0v) is 19.6. The van der Waals surface area contributed by atoms with Gasteiger partial charge in [0.25, 0.3) is 0 Å². The van der Waals surface area contributed by atoms with Crippen LogP contribution in [0.5, 0.6) is 5.75 Å². The van der Waals surface area contributed by atoms with E-state index in [4.69, 9.17) is 26.1 Å². The van der Waals surface area contributed by atoms with Crippen LogP contribution >= 0.6 is 11.6 Å². The van der Waals surface area contributed by atoms with E-state index in [0.717, 1.165) is 39.0 Å². The van der Waals surface area contributed by atoms with Gasteiger partial charge in [-0.2, -0.15) is 5.10 Å². The van der Waals surface area contributed by atoms with E-state index in [1.807, 2.05) is 42.9 Å². The number of pyridine rings is 2. The lowest BCUT2D eigenvalue weighted by Gasteiger charge is -2.15. The molecule has 0 spiro atoms. The highest BCUT2D eigenvalue weighted by molar-refractivity contribution is 6.31. The van der Waals surface area contributed by atoms with E-state index < -0.39 is 0 Å². The van der Waals surface area contributed by atoms with Crippen LogP contribution in [0.25, 0.3) is 22.2 Å². The normalized spacial score (nSPS) is 11.0. The largest absolute Gasteiger partial charge is 0.487 e. The zero-order chi connectivity index (χ0) is 23.4. The number of esters is 1. The van der Waals surface area contributed by atoms with E-state index >= 15 is 0 Å². The first-order chi connectivity index (χ1) is 16.0. The summed E-state index contributed by atoms with van der Waals surface area (Å²) >= 11 is 6.46. The number of aromatic nitrogens is 4. The molecule has 3 heterocycles. The summed E-state index contributed by atoms with van der Waals surface area (Å²) in [5, 5.41) is 5.82. The van der Waals surface area contributed by atoms with Crippen molar-refractivity contribution in [2.45, 2.75) is 32.8 Å². The topological polar surface area (TPSA) is 79.1 Å². The van der Waals surface area contributed by atoms with E-state index in [2.05, 4.69) is 16.1 Å². The van der Waals surface area contributed by atoms with Gasteiger partial charge in [0.1, 0.15) is 17.9 Å². The molecule has 0 bridgehead atoms. The second kappa shape index (κ2) is 10.0. The molecule has 33 heavy (non-hydrogen) atoms. The Labute approximate surface area is 197 Å². The Morgan fingerprint density at radius 2 is 2.06 bits per heavy atom. The maximum Gasteiger partial charge on any atom is 0.305 e. The van der Waals surface area contributed by atoms with Crippen LogP contribution in [0, 0.1) is 6.92 Å². The van der Waals surface area contributed by atoms with Crippen LogP contribution in [0.2, 0.25) is 5.02 Å². The predicted octanol–water partition coefficient (Wildman–Crippen LogP) is 5.07. The zero-order valence-electron chi connectivity index (χ0n) is 18.8. The Balaban J connectivity index is 1.63. The Hall–Kier alpha value is -3.45. The third-order valence-corrected chi connectivity index (χ3v) is 5.87. The van der Waals surface area contributed by atoms with Crippen LogP contribution in [0.1, 0.15) is 29.7 Å². The number of aryl methyl sites for hydroxylation is 3. The van der Waals surface area contributed by atoms with Gasteiger partial charge in [-0.05, 0) is 43.5 Å². The van der Waals surface area contributed by atoms with Crippen molar-refractivity contribution in [3.63, 3.8) is 0 Å². The van der Waals surface area contributed by atoms with Crippen molar-refractivity contribution in [3.05, 3.63) is 70.8 Å². The van der Waals surface area contributed by atoms with Gasteiger partial charge in [0.2, 0.25) is 0 Å². The van der Waals surface area contributed by atoms with Crippen LogP contribution in [0.4, 0.5) is 0 Å². The summed E-state index contributed by atoms with van der Waals surface area (Å²) in [6, 6.07) is 9.95. The van der Waals surface area contributed by atoms with Crippen molar-refractivity contribution in [1.29, 1.82) is 0 Å². The highest BCUT2D eigenvalue weighted by Crippen LogP contribution is 2.33. The van der Waals surface area contributed by atoms with Crippen molar-refractivity contribution in [2.24, 2.45) is 7.05 Å². The summed E-state index contributed by atoms with van der Waals surface area (Å²) in [7, 11) is 3.31. The van der Waals surface area contributed by atoms with Gasteiger partial charge in [-0.25, -0.2) is 4.98 Å². The number of carbonyl (C=O) groups is 1. The molecule has 0 aliphatic heterocycles. The van der Waals surface area contributed by atoms with Crippen LogP contribution in [0.15, 0.2) is 48.9 Å². The standard InChI is InChI=1S/C25H25ClN4O3/c1-16-12-19(22-10-11-28-30(22)2)18-7-5-8-23(25(18)29-16)33-15-20-17(13-27-14-21(20)26)6-4-9-24(31)32-3/h5,7-8,10-14H,4,6,9,15H2,1-3H3. The van der Waals surface area contributed by atoms with Crippen molar-refractivity contribution in [1.82, 2.24) is 19.7 Å². The summed E-state index contributed by atoms with van der Waals surface area (Å²) in [6.45, 7) is 2.24. The Bertz CT molecular complexity index is 1300. The average Bonchev–Trinajstić information content (AvgIpc) is 3.23. The van der Waals surface area contributed by atoms with Gasteiger partial charge in [-0.1, -0.05) is 23.7 Å². The Morgan fingerprint density at radius 1 is 1.21 bits per heavy atom. The SMILES string of the molecule is COC(=O)CCCc1cncc(Cl)c1COc1cccc2c(-c3ccnn3C)cc(C)nc12. The molecule has 0 aliphatic carbocycles. The molecule has 0 saturated carbocycles. The van der Waals surface area contributed by atoms with Gasteiger partial charge in [-0.15, -0.1) is 0 Å². The molecule has 0 fully saturated rings. The predicted molar refractivity (Wildman–Crippen MR) is 127 cm³/mol. The molecular weight excluding hydrogens is 440 g/mol. The van der Waals surface area contributed by atoms with Crippen LogP contribution in [-0.4, -0.2) is 32.8 Å². The average molecular weight is 465 g/mol. The number of ether oxygens (including phenoxy) is 2. The maximum absolute atomic E-state index is 11.4. The number of rotatable bonds is 8. The number of methoxy groups -OCH3 is 1. The first kappa shape index (κ1) is 22.7. The smallest absolute Gasteiger partial charge is 0.305 e. The molecule has 0 radical (unpaired) electrons. The number of benzene rings is 1. The van der Waals surface area contributed by atoms with Gasteiger partial charge in [-0.3, -0.25) is 14.5 Å². The van der Waals surface area contributed by atoms with Crippen LogP contribution < -0.4 is 4.74 Å². The summed E-state index contributed by atoms with van der Waals surface area (Å²) in [6.07, 6.45) is 6.80. The van der Waals surface area contributed by atoms with E-state index in [1.54, 1.807) is 18.6 Å². The van der Waals surface area contributed by atoms with E-state index in [9.17, 15) is 4.79 Å². The molecule has 170 valence electrons. The number of hydrogen-bond acceptors (Lipinski definition) is 6. The highest BCUT2D eigenvalue weighted by atomic mass is 35.5. The molecule has 0 aliphatic rings. The maximum atomic E-state index is 11.4. The molecule has 0 N–H and O–H groups in total. The number of halogens is 1. The quantitative estimate of drug-likeness (QED) is 0.339. The third kappa shape index (κ3) is 4.98. The van der Waals surface area contributed by atoms with Gasteiger partial charge in [0, 0.05) is 54.3 Å².